The smallest absolute Gasteiger partial charge is 0.265 e. The van der Waals surface area contributed by atoms with E-state index in [2.05, 4.69) is 16.5 Å². The molecule has 1 aromatic carbocycles. The second-order valence-corrected chi connectivity index (χ2v) is 8.96. The van der Waals surface area contributed by atoms with Gasteiger partial charge in [-0.2, -0.15) is 5.10 Å². The summed E-state index contributed by atoms with van der Waals surface area (Å²) in [5.41, 5.74) is 3.57. The lowest BCUT2D eigenvalue weighted by atomic mass is 10.1. The van der Waals surface area contributed by atoms with Crippen LogP contribution in [0.1, 0.15) is 23.6 Å². The molecule has 0 fully saturated rings. The maximum Gasteiger partial charge on any atom is 0.265 e. The van der Waals surface area contributed by atoms with E-state index in [0.717, 1.165) is 17.8 Å². The Morgan fingerprint density at radius 1 is 1.33 bits per heavy atom. The molecular formula is C21H26N6O2S. The molecule has 158 valence electrons. The van der Waals surface area contributed by atoms with E-state index >= 15 is 0 Å². The summed E-state index contributed by atoms with van der Waals surface area (Å²) >= 11 is 1.51. The van der Waals surface area contributed by atoms with E-state index in [9.17, 15) is 9.59 Å². The van der Waals surface area contributed by atoms with Crippen LogP contribution in [0, 0.1) is 13.8 Å². The summed E-state index contributed by atoms with van der Waals surface area (Å²) < 4.78 is 3.39. The summed E-state index contributed by atoms with van der Waals surface area (Å²) in [6.45, 7) is 5.44. The zero-order valence-electron chi connectivity index (χ0n) is 17.7. The first-order valence-corrected chi connectivity index (χ1v) is 11.0. The molecular weight excluding hydrogens is 400 g/mol. The molecule has 0 aliphatic carbocycles. The molecule has 4 rings (SSSR count). The number of nitrogens with zero attached hydrogens (tertiary/aromatic N) is 5. The third kappa shape index (κ3) is 3.87. The van der Waals surface area contributed by atoms with E-state index in [1.54, 1.807) is 15.4 Å². The molecule has 2 aromatic heterocycles. The van der Waals surface area contributed by atoms with Crippen LogP contribution in [0.2, 0.25) is 0 Å². The molecule has 1 aliphatic heterocycles. The Hall–Kier alpha value is -2.65. The van der Waals surface area contributed by atoms with Crippen LogP contribution in [0.25, 0.3) is 16.7 Å². The third-order valence-corrected chi connectivity index (χ3v) is 6.35. The molecule has 9 heteroatoms. The van der Waals surface area contributed by atoms with Crippen molar-refractivity contribution < 1.29 is 4.79 Å². The molecule has 0 radical (unpaired) electrons. The normalized spacial score (nSPS) is 15.7. The lowest BCUT2D eigenvalue weighted by Crippen LogP contribution is -2.34. The van der Waals surface area contributed by atoms with Crippen LogP contribution in [-0.4, -0.2) is 63.1 Å². The van der Waals surface area contributed by atoms with Gasteiger partial charge in [0.2, 0.25) is 5.91 Å². The van der Waals surface area contributed by atoms with Gasteiger partial charge in [0.15, 0.2) is 10.8 Å². The first-order chi connectivity index (χ1) is 14.3. The van der Waals surface area contributed by atoms with E-state index in [1.165, 1.54) is 17.3 Å². The first kappa shape index (κ1) is 20.6. The SMILES string of the molecule is Cc1ccc(-n2ncc3c(=O)n4c(nc32)SCC4CC(=O)NCCN(C)C)c(C)c1. The average molecular weight is 427 g/mol. The highest BCUT2D eigenvalue weighted by Gasteiger charge is 2.29. The lowest BCUT2D eigenvalue weighted by molar-refractivity contribution is -0.121. The number of hydrogen-bond acceptors (Lipinski definition) is 6. The molecule has 1 atom stereocenters. The van der Waals surface area contributed by atoms with Crippen LogP contribution in [0.5, 0.6) is 0 Å². The number of benzene rings is 1. The van der Waals surface area contributed by atoms with Crippen molar-refractivity contribution in [2.75, 3.05) is 32.9 Å². The Balaban J connectivity index is 1.64. The first-order valence-electron chi connectivity index (χ1n) is 9.97. The lowest BCUT2D eigenvalue weighted by Gasteiger charge is -2.15. The number of amides is 1. The Morgan fingerprint density at radius 3 is 2.87 bits per heavy atom. The van der Waals surface area contributed by atoms with Gasteiger partial charge in [-0.15, -0.1) is 0 Å². The fourth-order valence-corrected chi connectivity index (χ4v) is 4.84. The molecule has 1 aliphatic rings. The van der Waals surface area contributed by atoms with E-state index < -0.39 is 0 Å². The van der Waals surface area contributed by atoms with Crippen molar-refractivity contribution in [3.63, 3.8) is 0 Å². The number of fused-ring (bicyclic) bond motifs is 2. The highest BCUT2D eigenvalue weighted by atomic mass is 32.2. The predicted octanol–water partition coefficient (Wildman–Crippen LogP) is 1.91. The number of hydrogen-bond donors (Lipinski definition) is 1. The van der Waals surface area contributed by atoms with Gasteiger partial charge in [-0.1, -0.05) is 29.5 Å². The summed E-state index contributed by atoms with van der Waals surface area (Å²) in [4.78, 5) is 32.3. The van der Waals surface area contributed by atoms with Crippen molar-refractivity contribution in [2.24, 2.45) is 0 Å². The van der Waals surface area contributed by atoms with Crippen molar-refractivity contribution in [2.45, 2.75) is 31.5 Å². The van der Waals surface area contributed by atoms with Crippen LogP contribution in [0.15, 0.2) is 34.3 Å². The number of aryl methyl sites for hydroxylation is 2. The number of nitrogens with one attached hydrogen (secondary N) is 1. The quantitative estimate of drug-likeness (QED) is 0.606. The maximum absolute atomic E-state index is 13.2. The molecule has 3 heterocycles. The van der Waals surface area contributed by atoms with Gasteiger partial charge in [0.1, 0.15) is 5.39 Å². The largest absolute Gasteiger partial charge is 0.355 e. The van der Waals surface area contributed by atoms with Gasteiger partial charge in [-0.05, 0) is 39.6 Å². The zero-order chi connectivity index (χ0) is 21.4. The van der Waals surface area contributed by atoms with Crippen molar-refractivity contribution >= 4 is 28.7 Å². The fourth-order valence-electron chi connectivity index (χ4n) is 3.71. The highest BCUT2D eigenvalue weighted by Crippen LogP contribution is 2.33. The van der Waals surface area contributed by atoms with Gasteiger partial charge >= 0.3 is 0 Å². The second kappa shape index (κ2) is 8.23. The molecule has 1 unspecified atom stereocenters. The summed E-state index contributed by atoms with van der Waals surface area (Å²) in [5.74, 6) is 0.612. The molecule has 8 nitrogen and oxygen atoms in total. The summed E-state index contributed by atoms with van der Waals surface area (Å²) in [5, 5.41) is 8.49. The van der Waals surface area contributed by atoms with Gasteiger partial charge in [0.25, 0.3) is 5.56 Å². The van der Waals surface area contributed by atoms with Crippen LogP contribution in [0.4, 0.5) is 0 Å². The highest BCUT2D eigenvalue weighted by molar-refractivity contribution is 7.99. The van der Waals surface area contributed by atoms with Gasteiger partial charge in [-0.3, -0.25) is 14.2 Å². The topological polar surface area (TPSA) is 85.0 Å². The Morgan fingerprint density at radius 2 is 2.13 bits per heavy atom. The van der Waals surface area contributed by atoms with Crippen LogP contribution in [0.3, 0.4) is 0 Å². The minimum Gasteiger partial charge on any atom is -0.355 e. The van der Waals surface area contributed by atoms with Crippen LogP contribution in [-0.2, 0) is 4.79 Å². The minimum absolute atomic E-state index is 0.0479. The molecule has 1 amide bonds. The number of rotatable bonds is 6. The van der Waals surface area contributed by atoms with Crippen molar-refractivity contribution in [3.8, 4) is 5.69 Å². The summed E-state index contributed by atoms with van der Waals surface area (Å²) in [6.07, 6.45) is 1.85. The number of carbonyl (C=O) groups is 1. The summed E-state index contributed by atoms with van der Waals surface area (Å²) in [6, 6.07) is 5.91. The predicted molar refractivity (Wildman–Crippen MR) is 119 cm³/mol. The number of thioether (sulfide) groups is 1. The molecule has 0 bridgehead atoms. The third-order valence-electron chi connectivity index (χ3n) is 5.25. The van der Waals surface area contributed by atoms with Gasteiger partial charge < -0.3 is 10.2 Å². The van der Waals surface area contributed by atoms with Crippen molar-refractivity contribution in [1.82, 2.24) is 29.5 Å². The van der Waals surface area contributed by atoms with Crippen LogP contribution < -0.4 is 10.9 Å². The Bertz CT molecular complexity index is 1170. The minimum atomic E-state index is -0.196. The monoisotopic (exact) mass is 426 g/mol. The molecule has 3 aromatic rings. The van der Waals surface area contributed by atoms with Crippen LogP contribution >= 0.6 is 11.8 Å². The molecule has 1 N–H and O–H groups in total. The molecule has 0 saturated heterocycles. The summed E-state index contributed by atoms with van der Waals surface area (Å²) in [7, 11) is 3.93. The van der Waals surface area contributed by atoms with Gasteiger partial charge in [-0.25, -0.2) is 9.67 Å². The van der Waals surface area contributed by atoms with Crippen molar-refractivity contribution in [1.29, 1.82) is 0 Å². The fraction of sp³-hybridized carbons (Fsp3) is 0.429. The van der Waals surface area contributed by atoms with Gasteiger partial charge in [0.05, 0.1) is 17.9 Å². The molecule has 0 spiro atoms. The zero-order valence-corrected chi connectivity index (χ0v) is 18.5. The standard InChI is InChI=1S/C21H26N6O2S/c1-13-5-6-17(14(2)9-13)27-19-16(11-23-27)20(29)26-15(12-30-21(26)24-19)10-18(28)22-7-8-25(3)4/h5-6,9,11,15H,7-8,10,12H2,1-4H3,(H,22,28). The Labute approximate surface area is 179 Å². The average Bonchev–Trinajstić information content (AvgIpc) is 3.27. The number of carbonyl (C=O) groups excluding carboxylic acids is 1. The number of aromatic nitrogens is 4. The molecule has 30 heavy (non-hydrogen) atoms. The van der Waals surface area contributed by atoms with E-state index in [1.807, 2.05) is 45.0 Å². The van der Waals surface area contributed by atoms with E-state index in [0.29, 0.717) is 28.5 Å². The van der Waals surface area contributed by atoms with E-state index in [4.69, 9.17) is 4.98 Å². The Kier molecular flexibility index (Phi) is 5.66. The maximum atomic E-state index is 13.2. The van der Waals surface area contributed by atoms with Gasteiger partial charge in [0, 0.05) is 25.3 Å². The second-order valence-electron chi connectivity index (χ2n) is 7.98. The van der Waals surface area contributed by atoms with E-state index in [-0.39, 0.29) is 23.9 Å². The molecule has 0 saturated carbocycles. The number of likely N-dealkylation sites (N-methyl/N-ethyl adjacent to an activating group) is 1. The van der Waals surface area contributed by atoms with Crippen molar-refractivity contribution in [3.05, 3.63) is 45.9 Å².